The van der Waals surface area contributed by atoms with Crippen LogP contribution in [-0.4, -0.2) is 13.1 Å². The summed E-state index contributed by atoms with van der Waals surface area (Å²) in [5.74, 6) is -0.300. The van der Waals surface area contributed by atoms with Crippen molar-refractivity contribution in [2.24, 2.45) is 0 Å². The van der Waals surface area contributed by atoms with Crippen molar-refractivity contribution in [1.82, 2.24) is 0 Å². The van der Waals surface area contributed by atoms with Crippen LogP contribution in [0.25, 0.3) is 11.6 Å². The molecule has 0 amide bonds. The van der Waals surface area contributed by atoms with Gasteiger partial charge in [-0.05, 0) is 76.1 Å². The summed E-state index contributed by atoms with van der Waals surface area (Å²) >= 11 is 0. The lowest BCUT2D eigenvalue weighted by Crippen LogP contribution is -2.18. The Balaban J connectivity index is 2.05. The van der Waals surface area contributed by atoms with Gasteiger partial charge in [0.2, 0.25) is 0 Å². The third-order valence-corrected chi connectivity index (χ3v) is 6.24. The van der Waals surface area contributed by atoms with Crippen LogP contribution >= 0.6 is 0 Å². The van der Waals surface area contributed by atoms with Gasteiger partial charge in [0.15, 0.2) is 0 Å². The fourth-order valence-electron chi connectivity index (χ4n) is 5.06. The van der Waals surface area contributed by atoms with Crippen molar-refractivity contribution < 1.29 is 9.53 Å². The second-order valence-electron chi connectivity index (χ2n) is 9.69. The second kappa shape index (κ2) is 7.82. The van der Waals surface area contributed by atoms with Crippen molar-refractivity contribution in [3.05, 3.63) is 69.8 Å². The molecule has 1 aliphatic rings. The van der Waals surface area contributed by atoms with Crippen molar-refractivity contribution >= 4 is 17.6 Å². The zero-order valence-corrected chi connectivity index (χ0v) is 19.0. The Bertz CT molecular complexity index is 943. The first-order valence-electron chi connectivity index (χ1n) is 10.6. The molecule has 0 fully saturated rings. The lowest BCUT2D eigenvalue weighted by atomic mass is 9.82. The highest BCUT2D eigenvalue weighted by atomic mass is 16.5. The largest absolute Gasteiger partial charge is 0.465 e. The standard InChI is InChI=1S/C27H34O2/c1-8-9-21-15-23-24(27(5,6)17-26(23,3)4)16-22(21)18(2)14-19-10-12-20(13-11-19)25(28)29-7/h10-16H,8-9,17H2,1-7H3. The Morgan fingerprint density at radius 1 is 1.03 bits per heavy atom. The molecular weight excluding hydrogens is 356 g/mol. The van der Waals surface area contributed by atoms with Crippen molar-refractivity contribution in [3.63, 3.8) is 0 Å². The van der Waals surface area contributed by atoms with Crippen LogP contribution in [0.2, 0.25) is 0 Å². The van der Waals surface area contributed by atoms with E-state index in [1.165, 1.54) is 41.4 Å². The van der Waals surface area contributed by atoms with Crippen LogP contribution < -0.4 is 0 Å². The molecule has 1 aliphatic carbocycles. The van der Waals surface area contributed by atoms with E-state index in [-0.39, 0.29) is 16.8 Å². The molecule has 0 aliphatic heterocycles. The number of methoxy groups -OCH3 is 1. The summed E-state index contributed by atoms with van der Waals surface area (Å²) in [7, 11) is 1.41. The Morgan fingerprint density at radius 3 is 2.17 bits per heavy atom. The van der Waals surface area contributed by atoms with Gasteiger partial charge in [-0.3, -0.25) is 0 Å². The Morgan fingerprint density at radius 2 is 1.62 bits per heavy atom. The van der Waals surface area contributed by atoms with Gasteiger partial charge in [-0.1, -0.05) is 71.4 Å². The first kappa shape index (κ1) is 21.4. The van der Waals surface area contributed by atoms with Gasteiger partial charge in [0.1, 0.15) is 0 Å². The molecular formula is C27H34O2. The highest BCUT2D eigenvalue weighted by molar-refractivity contribution is 5.90. The van der Waals surface area contributed by atoms with E-state index in [4.69, 9.17) is 4.74 Å². The van der Waals surface area contributed by atoms with Crippen LogP contribution in [0.3, 0.4) is 0 Å². The quantitative estimate of drug-likeness (QED) is 0.408. The van der Waals surface area contributed by atoms with Crippen LogP contribution in [0.15, 0.2) is 36.4 Å². The minimum atomic E-state index is -0.300. The molecule has 0 saturated heterocycles. The molecule has 154 valence electrons. The number of allylic oxidation sites excluding steroid dienone is 1. The Hall–Kier alpha value is -2.35. The molecule has 0 aromatic heterocycles. The minimum absolute atomic E-state index is 0.195. The number of aryl methyl sites for hydroxylation is 1. The summed E-state index contributed by atoms with van der Waals surface area (Å²) in [4.78, 5) is 11.7. The smallest absolute Gasteiger partial charge is 0.337 e. The van der Waals surface area contributed by atoms with E-state index >= 15 is 0 Å². The molecule has 0 unspecified atom stereocenters. The van der Waals surface area contributed by atoms with E-state index in [1.54, 1.807) is 0 Å². The summed E-state index contributed by atoms with van der Waals surface area (Å²) in [5, 5.41) is 0. The molecule has 2 heteroatoms. The van der Waals surface area contributed by atoms with Gasteiger partial charge in [0, 0.05) is 0 Å². The number of hydrogen-bond donors (Lipinski definition) is 0. The van der Waals surface area contributed by atoms with E-state index < -0.39 is 0 Å². The minimum Gasteiger partial charge on any atom is -0.465 e. The zero-order chi connectivity index (χ0) is 21.4. The summed E-state index contributed by atoms with van der Waals surface area (Å²) in [6.07, 6.45) is 5.62. The molecule has 0 N–H and O–H groups in total. The normalized spacial score (nSPS) is 17.1. The molecule has 0 radical (unpaired) electrons. The lowest BCUT2D eigenvalue weighted by Gasteiger charge is -2.22. The van der Waals surface area contributed by atoms with Gasteiger partial charge in [-0.25, -0.2) is 4.79 Å². The number of hydrogen-bond acceptors (Lipinski definition) is 2. The van der Waals surface area contributed by atoms with Gasteiger partial charge in [-0.2, -0.15) is 0 Å². The molecule has 0 saturated carbocycles. The number of rotatable bonds is 5. The van der Waals surface area contributed by atoms with Crippen LogP contribution in [0.5, 0.6) is 0 Å². The molecule has 0 atom stereocenters. The first-order chi connectivity index (χ1) is 13.6. The fraction of sp³-hybridized carbons (Fsp3) is 0.444. The zero-order valence-electron chi connectivity index (χ0n) is 19.0. The molecule has 0 heterocycles. The lowest BCUT2D eigenvalue weighted by molar-refractivity contribution is 0.0600. The predicted octanol–water partition coefficient (Wildman–Crippen LogP) is 6.95. The van der Waals surface area contributed by atoms with Gasteiger partial charge >= 0.3 is 5.97 Å². The Kier molecular flexibility index (Phi) is 5.76. The number of carbonyl (C=O) groups is 1. The monoisotopic (exact) mass is 390 g/mol. The van der Waals surface area contributed by atoms with E-state index in [9.17, 15) is 4.79 Å². The molecule has 0 spiro atoms. The average molecular weight is 391 g/mol. The van der Waals surface area contributed by atoms with Crippen molar-refractivity contribution in [1.29, 1.82) is 0 Å². The van der Waals surface area contributed by atoms with Crippen molar-refractivity contribution in [2.45, 2.75) is 71.6 Å². The molecule has 2 nitrogen and oxygen atoms in total. The first-order valence-corrected chi connectivity index (χ1v) is 10.6. The maximum Gasteiger partial charge on any atom is 0.337 e. The van der Waals surface area contributed by atoms with E-state index in [0.29, 0.717) is 5.56 Å². The Labute approximate surface area is 176 Å². The SMILES string of the molecule is CCCc1cc2c(cc1C(C)=Cc1ccc(C(=O)OC)cc1)C(C)(C)CC2(C)C. The summed E-state index contributed by atoms with van der Waals surface area (Å²) in [6.45, 7) is 13.9. The third kappa shape index (κ3) is 4.17. The number of carbonyl (C=O) groups excluding carboxylic acids is 1. The van der Waals surface area contributed by atoms with E-state index in [0.717, 1.165) is 18.4 Å². The molecule has 29 heavy (non-hydrogen) atoms. The number of benzene rings is 2. The van der Waals surface area contributed by atoms with Crippen molar-refractivity contribution in [2.75, 3.05) is 7.11 Å². The number of esters is 1. The maximum absolute atomic E-state index is 11.7. The second-order valence-corrected chi connectivity index (χ2v) is 9.69. The van der Waals surface area contributed by atoms with Crippen LogP contribution in [-0.2, 0) is 22.0 Å². The third-order valence-electron chi connectivity index (χ3n) is 6.24. The molecule has 0 bridgehead atoms. The summed E-state index contributed by atoms with van der Waals surface area (Å²) < 4.78 is 4.79. The van der Waals surface area contributed by atoms with Crippen LogP contribution in [0.1, 0.15) is 92.6 Å². The molecule has 2 aromatic rings. The van der Waals surface area contributed by atoms with Crippen LogP contribution in [0.4, 0.5) is 0 Å². The maximum atomic E-state index is 11.7. The van der Waals surface area contributed by atoms with Gasteiger partial charge in [0.05, 0.1) is 12.7 Å². The highest BCUT2D eigenvalue weighted by Gasteiger charge is 2.42. The molecule has 2 aromatic carbocycles. The van der Waals surface area contributed by atoms with E-state index in [2.05, 4.69) is 59.8 Å². The topological polar surface area (TPSA) is 26.3 Å². The molecule has 3 rings (SSSR count). The average Bonchev–Trinajstić information content (AvgIpc) is 2.85. The van der Waals surface area contributed by atoms with Crippen molar-refractivity contribution in [3.8, 4) is 0 Å². The summed E-state index contributed by atoms with van der Waals surface area (Å²) in [6, 6.07) is 12.5. The predicted molar refractivity (Wildman–Crippen MR) is 122 cm³/mol. The summed E-state index contributed by atoms with van der Waals surface area (Å²) in [5.41, 5.74) is 9.17. The van der Waals surface area contributed by atoms with Gasteiger partial charge in [0.25, 0.3) is 0 Å². The van der Waals surface area contributed by atoms with Crippen LogP contribution in [0, 0.1) is 0 Å². The van der Waals surface area contributed by atoms with Gasteiger partial charge in [-0.15, -0.1) is 0 Å². The number of ether oxygens (including phenoxy) is 1. The highest BCUT2D eigenvalue weighted by Crippen LogP contribution is 2.50. The van der Waals surface area contributed by atoms with Gasteiger partial charge < -0.3 is 4.74 Å². The van der Waals surface area contributed by atoms with E-state index in [1.807, 2.05) is 24.3 Å². The number of fused-ring (bicyclic) bond motifs is 1. The fourth-order valence-corrected chi connectivity index (χ4v) is 5.06.